The summed E-state index contributed by atoms with van der Waals surface area (Å²) < 4.78 is 25.9. The largest absolute Gasteiger partial charge is 0.481 e. The Hall–Kier alpha value is -4.09. The molecule has 4 aliphatic heterocycles. The Morgan fingerprint density at radius 3 is 2.60 bits per heavy atom. The molecular formula is C39H51FN8O2. The SMILES string of the molecule is CC12CCCN1CC(F)C2.CCCc1ccccc1C1Cc2nc(OC)nc(N3CCCn4nc(-c5cccc(OC)n5)cc4C3)c2CN1C. The molecule has 7 heterocycles. The highest BCUT2D eigenvalue weighted by molar-refractivity contribution is 5.57. The lowest BCUT2D eigenvalue weighted by Crippen LogP contribution is -2.35. The summed E-state index contributed by atoms with van der Waals surface area (Å²) in [5, 5.41) is 4.89. The summed E-state index contributed by atoms with van der Waals surface area (Å²) in [5.74, 6) is 1.55. The molecule has 1 aromatic carbocycles. The second kappa shape index (κ2) is 14.6. The molecule has 3 unspecified atom stereocenters. The molecule has 4 aliphatic rings. The first kappa shape index (κ1) is 34.4. The van der Waals surface area contributed by atoms with E-state index in [1.165, 1.54) is 29.5 Å². The third kappa shape index (κ3) is 6.94. The molecular weight excluding hydrogens is 631 g/mol. The quantitative estimate of drug-likeness (QED) is 0.219. The number of rotatable bonds is 7. The van der Waals surface area contributed by atoms with Gasteiger partial charge in [0.1, 0.15) is 17.7 Å². The first-order valence-corrected chi connectivity index (χ1v) is 18.2. The van der Waals surface area contributed by atoms with E-state index in [1.807, 2.05) is 18.2 Å². The number of pyridine rings is 1. The Labute approximate surface area is 295 Å². The topological polar surface area (TPSA) is 84.7 Å². The van der Waals surface area contributed by atoms with E-state index in [4.69, 9.17) is 24.5 Å². The average Bonchev–Trinajstić information content (AvgIpc) is 3.73. The number of ether oxygens (including phenoxy) is 2. The second-order valence-corrected chi connectivity index (χ2v) is 14.5. The third-order valence-corrected chi connectivity index (χ3v) is 11.0. The van der Waals surface area contributed by atoms with Gasteiger partial charge in [0.05, 0.1) is 37.8 Å². The van der Waals surface area contributed by atoms with Gasteiger partial charge in [-0.05, 0) is 75.9 Å². The molecule has 0 radical (unpaired) electrons. The summed E-state index contributed by atoms with van der Waals surface area (Å²) in [5.41, 5.74) is 8.13. The maximum atomic E-state index is 12.8. The van der Waals surface area contributed by atoms with E-state index in [-0.39, 0.29) is 11.6 Å². The van der Waals surface area contributed by atoms with Crippen molar-refractivity contribution < 1.29 is 13.9 Å². The van der Waals surface area contributed by atoms with Gasteiger partial charge >= 0.3 is 6.01 Å². The van der Waals surface area contributed by atoms with E-state index < -0.39 is 6.17 Å². The van der Waals surface area contributed by atoms with E-state index in [0.717, 1.165) is 86.9 Å². The highest BCUT2D eigenvalue weighted by Crippen LogP contribution is 2.40. The maximum absolute atomic E-state index is 12.8. The van der Waals surface area contributed by atoms with E-state index in [0.29, 0.717) is 25.0 Å². The van der Waals surface area contributed by atoms with Crippen LogP contribution in [0, 0.1) is 0 Å². The lowest BCUT2D eigenvalue weighted by atomic mass is 9.89. The van der Waals surface area contributed by atoms with Crippen LogP contribution < -0.4 is 14.4 Å². The van der Waals surface area contributed by atoms with Crippen molar-refractivity contribution in [1.29, 1.82) is 0 Å². The van der Waals surface area contributed by atoms with Gasteiger partial charge in [0.25, 0.3) is 0 Å². The molecule has 0 N–H and O–H groups in total. The molecule has 8 rings (SSSR count). The van der Waals surface area contributed by atoms with Crippen LogP contribution in [0.3, 0.4) is 0 Å². The van der Waals surface area contributed by atoms with Gasteiger partial charge in [0.2, 0.25) is 5.88 Å². The van der Waals surface area contributed by atoms with Crippen molar-refractivity contribution in [1.82, 2.24) is 34.5 Å². The molecule has 50 heavy (non-hydrogen) atoms. The zero-order valence-electron chi connectivity index (χ0n) is 30.2. The van der Waals surface area contributed by atoms with Gasteiger partial charge in [-0.25, -0.2) is 9.37 Å². The fourth-order valence-electron chi connectivity index (χ4n) is 8.42. The Morgan fingerprint density at radius 1 is 0.940 bits per heavy atom. The molecule has 0 aliphatic carbocycles. The number of alkyl halides is 1. The van der Waals surface area contributed by atoms with E-state index >= 15 is 0 Å². The Morgan fingerprint density at radius 2 is 1.80 bits per heavy atom. The van der Waals surface area contributed by atoms with Crippen LogP contribution in [0.25, 0.3) is 11.4 Å². The minimum absolute atomic E-state index is 0.236. The van der Waals surface area contributed by atoms with Crippen molar-refractivity contribution in [2.45, 2.75) is 96.2 Å². The van der Waals surface area contributed by atoms with Crippen LogP contribution in [0.4, 0.5) is 10.2 Å². The van der Waals surface area contributed by atoms with Crippen LogP contribution in [-0.4, -0.2) is 87.1 Å². The van der Waals surface area contributed by atoms with Crippen LogP contribution in [0.15, 0.2) is 48.5 Å². The summed E-state index contributed by atoms with van der Waals surface area (Å²) in [4.78, 5) is 21.5. The van der Waals surface area contributed by atoms with Gasteiger partial charge in [-0.2, -0.15) is 15.1 Å². The maximum Gasteiger partial charge on any atom is 0.318 e. The standard InChI is InChI=1S/C31H37N7O2.C8H14FN/c1-5-10-21-11-6-7-12-23(21)28-18-26-24(20-36(28)2)30(34-31(33-26)40-4)37-15-9-16-38-22(19-37)17-27(35-38)25-13-8-14-29(32-25)39-3;1-8-3-2-4-10(8)6-7(9)5-8/h6-8,11-14,17,28H,5,9-10,15-16,18-20H2,1-4H3;7H,2-6H2,1H3. The number of methoxy groups -OCH3 is 2. The lowest BCUT2D eigenvalue weighted by Gasteiger charge is -2.37. The number of hydrogen-bond donors (Lipinski definition) is 0. The Bertz CT molecular complexity index is 1800. The number of aromatic nitrogens is 5. The molecule has 0 bridgehead atoms. The van der Waals surface area contributed by atoms with Gasteiger partial charge in [-0.1, -0.05) is 43.7 Å². The van der Waals surface area contributed by atoms with Crippen molar-refractivity contribution in [2.24, 2.45) is 0 Å². The molecule has 3 aromatic heterocycles. The minimum Gasteiger partial charge on any atom is -0.481 e. The van der Waals surface area contributed by atoms with Crippen molar-refractivity contribution >= 4 is 5.82 Å². The van der Waals surface area contributed by atoms with E-state index in [9.17, 15) is 4.39 Å². The lowest BCUT2D eigenvalue weighted by molar-refractivity contribution is 0.212. The molecule has 2 saturated heterocycles. The van der Waals surface area contributed by atoms with Gasteiger partial charge in [-0.3, -0.25) is 14.5 Å². The van der Waals surface area contributed by atoms with Gasteiger partial charge in [0.15, 0.2) is 0 Å². The van der Waals surface area contributed by atoms with E-state index in [1.54, 1.807) is 14.2 Å². The molecule has 0 amide bonds. The van der Waals surface area contributed by atoms with Crippen LogP contribution in [0.5, 0.6) is 11.9 Å². The predicted octanol–water partition coefficient (Wildman–Crippen LogP) is 6.43. The average molecular weight is 683 g/mol. The normalized spacial score (nSPS) is 23.4. The number of benzene rings is 1. The first-order chi connectivity index (χ1) is 24.3. The van der Waals surface area contributed by atoms with Crippen LogP contribution in [0.1, 0.15) is 80.1 Å². The van der Waals surface area contributed by atoms with Gasteiger partial charge < -0.3 is 14.4 Å². The fourth-order valence-corrected chi connectivity index (χ4v) is 8.42. The van der Waals surface area contributed by atoms with Crippen molar-refractivity contribution in [3.8, 4) is 23.3 Å². The second-order valence-electron chi connectivity index (χ2n) is 14.5. The molecule has 10 nitrogen and oxygen atoms in total. The Kier molecular flexibility index (Phi) is 10.1. The zero-order chi connectivity index (χ0) is 34.8. The Balaban J connectivity index is 0.000000334. The van der Waals surface area contributed by atoms with Crippen molar-refractivity contribution in [3.05, 3.63) is 76.6 Å². The summed E-state index contributed by atoms with van der Waals surface area (Å²) in [7, 11) is 5.50. The summed E-state index contributed by atoms with van der Waals surface area (Å²) in [6.45, 7) is 9.47. The minimum atomic E-state index is -0.551. The van der Waals surface area contributed by atoms with Crippen LogP contribution in [-0.2, 0) is 32.5 Å². The van der Waals surface area contributed by atoms with Gasteiger partial charge in [-0.15, -0.1) is 0 Å². The number of nitrogens with zero attached hydrogens (tertiary/aromatic N) is 8. The summed E-state index contributed by atoms with van der Waals surface area (Å²) in [6.07, 6.45) is 6.69. The molecule has 2 fully saturated rings. The fraction of sp³-hybridized carbons (Fsp3) is 0.538. The zero-order valence-corrected chi connectivity index (χ0v) is 30.2. The third-order valence-electron chi connectivity index (χ3n) is 11.0. The number of fused-ring (bicyclic) bond motifs is 3. The molecule has 4 aromatic rings. The van der Waals surface area contributed by atoms with Gasteiger partial charge in [0, 0.05) is 55.8 Å². The highest BCUT2D eigenvalue weighted by atomic mass is 19.1. The molecule has 0 spiro atoms. The summed E-state index contributed by atoms with van der Waals surface area (Å²) >= 11 is 0. The van der Waals surface area contributed by atoms with Crippen molar-refractivity contribution in [3.63, 3.8) is 0 Å². The summed E-state index contributed by atoms with van der Waals surface area (Å²) in [6, 6.07) is 17.4. The number of aryl methyl sites for hydroxylation is 2. The molecule has 3 atom stereocenters. The number of anilines is 1. The predicted molar refractivity (Wildman–Crippen MR) is 193 cm³/mol. The highest BCUT2D eigenvalue weighted by Gasteiger charge is 2.44. The van der Waals surface area contributed by atoms with Crippen molar-refractivity contribution in [2.75, 3.05) is 45.8 Å². The first-order valence-electron chi connectivity index (χ1n) is 18.2. The number of halogens is 1. The van der Waals surface area contributed by atoms with E-state index in [2.05, 4.69) is 75.6 Å². The molecule has 266 valence electrons. The smallest absolute Gasteiger partial charge is 0.318 e. The van der Waals surface area contributed by atoms with Crippen LogP contribution >= 0.6 is 0 Å². The number of likely N-dealkylation sites (N-methyl/N-ethyl adjacent to an activating group) is 1. The number of hydrogen-bond acceptors (Lipinski definition) is 9. The molecule has 0 saturated carbocycles. The molecule has 11 heteroatoms. The van der Waals surface area contributed by atoms with Crippen LogP contribution in [0.2, 0.25) is 0 Å². The monoisotopic (exact) mass is 682 g/mol.